The summed E-state index contributed by atoms with van der Waals surface area (Å²) in [5.74, 6) is 2.33. The molecule has 0 N–H and O–H groups in total. The fourth-order valence-corrected chi connectivity index (χ4v) is 1.81. The number of hydrogen-bond acceptors (Lipinski definition) is 3. The van der Waals surface area contributed by atoms with Gasteiger partial charge in [-0.1, -0.05) is 27.7 Å². The number of rotatable bonds is 6. The lowest BCUT2D eigenvalue weighted by Gasteiger charge is -2.18. The smallest absolute Gasteiger partial charge is 0.123 e. The fourth-order valence-electron chi connectivity index (χ4n) is 1.81. The van der Waals surface area contributed by atoms with Crippen molar-refractivity contribution in [1.29, 1.82) is 0 Å². The number of aryl methyl sites for hydroxylation is 1. The Kier molecular flexibility index (Phi) is 9.06. The van der Waals surface area contributed by atoms with E-state index in [0.29, 0.717) is 12.5 Å². The Morgan fingerprint density at radius 3 is 2.15 bits per heavy atom. The Balaban J connectivity index is 0.00000172. The molecule has 116 valence electrons. The molecular formula is C17H31NO2. The summed E-state index contributed by atoms with van der Waals surface area (Å²) in [5, 5.41) is 0. The third-order valence-corrected chi connectivity index (χ3v) is 2.95. The third kappa shape index (κ3) is 5.83. The summed E-state index contributed by atoms with van der Waals surface area (Å²) in [6.45, 7) is 12.0. The van der Waals surface area contributed by atoms with Crippen LogP contribution in [-0.2, 0) is 0 Å². The van der Waals surface area contributed by atoms with Crippen LogP contribution in [0.1, 0.15) is 44.7 Å². The van der Waals surface area contributed by atoms with Crippen molar-refractivity contribution in [2.24, 2.45) is 0 Å². The predicted molar refractivity (Wildman–Crippen MR) is 87.2 cm³/mol. The average Bonchev–Trinajstić information content (AvgIpc) is 2.40. The third-order valence-electron chi connectivity index (χ3n) is 2.95. The van der Waals surface area contributed by atoms with Crippen molar-refractivity contribution in [3.63, 3.8) is 0 Å². The van der Waals surface area contributed by atoms with E-state index in [2.05, 4.69) is 30.9 Å². The zero-order valence-corrected chi connectivity index (χ0v) is 14.4. The highest BCUT2D eigenvalue weighted by molar-refractivity contribution is 5.47. The highest BCUT2D eigenvalue weighted by Gasteiger charge is 2.12. The zero-order chi connectivity index (χ0) is 15.7. The maximum atomic E-state index is 5.89. The van der Waals surface area contributed by atoms with E-state index in [1.165, 1.54) is 5.56 Å². The molecule has 0 fully saturated rings. The fraction of sp³-hybridized carbons (Fsp3) is 0.647. The summed E-state index contributed by atoms with van der Waals surface area (Å²) in [5.41, 5.74) is 2.32. The van der Waals surface area contributed by atoms with Crippen LogP contribution in [0.2, 0.25) is 0 Å². The molecule has 3 nitrogen and oxygen atoms in total. The molecule has 1 rings (SSSR count). The second kappa shape index (κ2) is 9.65. The van der Waals surface area contributed by atoms with Gasteiger partial charge in [0.2, 0.25) is 0 Å². The molecule has 0 spiro atoms. The van der Waals surface area contributed by atoms with Gasteiger partial charge in [-0.05, 0) is 44.6 Å². The quantitative estimate of drug-likeness (QED) is 0.784. The maximum absolute atomic E-state index is 5.89. The number of ether oxygens (including phenoxy) is 2. The molecule has 0 saturated carbocycles. The molecule has 1 aromatic carbocycles. The highest BCUT2D eigenvalue weighted by atomic mass is 16.5. The summed E-state index contributed by atoms with van der Waals surface area (Å²) >= 11 is 0. The van der Waals surface area contributed by atoms with Crippen LogP contribution >= 0.6 is 0 Å². The van der Waals surface area contributed by atoms with Crippen molar-refractivity contribution in [2.45, 2.75) is 40.5 Å². The summed E-state index contributed by atoms with van der Waals surface area (Å²) in [6.07, 6.45) is 0. The first kappa shape index (κ1) is 18.8. The van der Waals surface area contributed by atoms with Crippen LogP contribution in [0.15, 0.2) is 12.1 Å². The molecule has 0 aliphatic carbocycles. The summed E-state index contributed by atoms with van der Waals surface area (Å²) in [7, 11) is 5.80. The van der Waals surface area contributed by atoms with Crippen LogP contribution in [0, 0.1) is 6.92 Å². The molecule has 3 heteroatoms. The molecule has 0 aliphatic rings. The number of benzene rings is 1. The number of hydrogen-bond donors (Lipinski definition) is 0. The molecule has 0 amide bonds. The molecule has 0 aromatic heterocycles. The first-order chi connectivity index (χ1) is 9.45. The van der Waals surface area contributed by atoms with Crippen molar-refractivity contribution in [3.8, 4) is 11.5 Å². The van der Waals surface area contributed by atoms with Crippen LogP contribution in [-0.4, -0.2) is 39.3 Å². The minimum Gasteiger partial charge on any atom is -0.496 e. The molecular weight excluding hydrogens is 250 g/mol. The van der Waals surface area contributed by atoms with Crippen LogP contribution in [0.25, 0.3) is 0 Å². The summed E-state index contributed by atoms with van der Waals surface area (Å²) in [4.78, 5) is 2.12. The molecule has 0 saturated heterocycles. The van der Waals surface area contributed by atoms with Crippen molar-refractivity contribution in [2.75, 3.05) is 34.4 Å². The van der Waals surface area contributed by atoms with E-state index < -0.39 is 0 Å². The summed E-state index contributed by atoms with van der Waals surface area (Å²) < 4.78 is 11.3. The van der Waals surface area contributed by atoms with Crippen LogP contribution in [0.3, 0.4) is 0 Å². The van der Waals surface area contributed by atoms with E-state index in [-0.39, 0.29) is 0 Å². The van der Waals surface area contributed by atoms with Gasteiger partial charge >= 0.3 is 0 Å². The monoisotopic (exact) mass is 281 g/mol. The zero-order valence-electron chi connectivity index (χ0n) is 14.4. The second-order valence-corrected chi connectivity index (χ2v) is 5.17. The largest absolute Gasteiger partial charge is 0.496 e. The van der Waals surface area contributed by atoms with Crippen LogP contribution in [0.4, 0.5) is 0 Å². The lowest BCUT2D eigenvalue weighted by Crippen LogP contribution is -2.19. The van der Waals surface area contributed by atoms with Gasteiger partial charge in [0.15, 0.2) is 0 Å². The average molecular weight is 281 g/mol. The van der Waals surface area contributed by atoms with Crippen LogP contribution in [0.5, 0.6) is 11.5 Å². The number of methoxy groups -OCH3 is 1. The SMILES string of the molecule is CC.COc1cc(C(C)C)c(OCCN(C)C)cc1C. The Hall–Kier alpha value is -1.22. The highest BCUT2D eigenvalue weighted by Crippen LogP contribution is 2.33. The maximum Gasteiger partial charge on any atom is 0.123 e. The van der Waals surface area contributed by atoms with Crippen LogP contribution < -0.4 is 9.47 Å². The molecule has 0 heterocycles. The van der Waals surface area contributed by atoms with Gasteiger partial charge in [0.25, 0.3) is 0 Å². The Labute approximate surface area is 124 Å². The van der Waals surface area contributed by atoms with Gasteiger partial charge in [0.1, 0.15) is 18.1 Å². The van der Waals surface area contributed by atoms with Crippen molar-refractivity contribution in [3.05, 3.63) is 23.3 Å². The van der Waals surface area contributed by atoms with Gasteiger partial charge in [0.05, 0.1) is 7.11 Å². The van der Waals surface area contributed by atoms with Gasteiger partial charge in [-0.25, -0.2) is 0 Å². The first-order valence-corrected chi connectivity index (χ1v) is 7.41. The normalized spacial score (nSPS) is 10.3. The van der Waals surface area contributed by atoms with E-state index in [0.717, 1.165) is 23.6 Å². The Morgan fingerprint density at radius 1 is 1.10 bits per heavy atom. The molecule has 0 unspecified atom stereocenters. The molecule has 0 atom stereocenters. The molecule has 1 aromatic rings. The van der Waals surface area contributed by atoms with Gasteiger partial charge < -0.3 is 14.4 Å². The van der Waals surface area contributed by atoms with E-state index in [1.54, 1.807) is 7.11 Å². The Bertz CT molecular complexity index is 387. The van der Waals surface area contributed by atoms with Gasteiger partial charge in [-0.3, -0.25) is 0 Å². The van der Waals surface area contributed by atoms with Crippen molar-refractivity contribution < 1.29 is 9.47 Å². The topological polar surface area (TPSA) is 21.7 Å². The predicted octanol–water partition coefficient (Wildman–Crippen LogP) is 4.09. The first-order valence-electron chi connectivity index (χ1n) is 7.41. The number of likely N-dealkylation sites (N-methyl/N-ethyl adjacent to an activating group) is 1. The van der Waals surface area contributed by atoms with E-state index >= 15 is 0 Å². The van der Waals surface area contributed by atoms with Crippen molar-refractivity contribution in [1.82, 2.24) is 4.90 Å². The van der Waals surface area contributed by atoms with Gasteiger partial charge in [-0.2, -0.15) is 0 Å². The number of nitrogens with zero attached hydrogens (tertiary/aromatic N) is 1. The minimum atomic E-state index is 0.425. The minimum absolute atomic E-state index is 0.425. The van der Waals surface area contributed by atoms with Gasteiger partial charge in [-0.15, -0.1) is 0 Å². The van der Waals surface area contributed by atoms with Gasteiger partial charge in [0, 0.05) is 12.1 Å². The molecule has 0 aliphatic heterocycles. The lowest BCUT2D eigenvalue weighted by molar-refractivity contribution is 0.258. The van der Waals surface area contributed by atoms with E-state index in [1.807, 2.05) is 34.9 Å². The molecule has 0 radical (unpaired) electrons. The van der Waals surface area contributed by atoms with E-state index in [4.69, 9.17) is 9.47 Å². The standard InChI is InChI=1S/C15H25NO2.C2H6/c1-11(2)13-10-14(17-6)12(3)9-15(13)18-8-7-16(4)5;1-2/h9-11H,7-8H2,1-6H3;1-2H3. The Morgan fingerprint density at radius 2 is 1.70 bits per heavy atom. The molecule has 0 bridgehead atoms. The second-order valence-electron chi connectivity index (χ2n) is 5.17. The van der Waals surface area contributed by atoms with E-state index in [9.17, 15) is 0 Å². The summed E-state index contributed by atoms with van der Waals surface area (Å²) in [6, 6.07) is 4.16. The lowest BCUT2D eigenvalue weighted by atomic mass is 10.00. The molecule has 20 heavy (non-hydrogen) atoms. The van der Waals surface area contributed by atoms with Crippen molar-refractivity contribution >= 4 is 0 Å².